The summed E-state index contributed by atoms with van der Waals surface area (Å²) in [5.41, 5.74) is 2.67. The number of rotatable bonds is 6. The van der Waals surface area contributed by atoms with Gasteiger partial charge in [0.1, 0.15) is 5.69 Å². The van der Waals surface area contributed by atoms with E-state index in [0.29, 0.717) is 30.4 Å². The number of hydrogen-bond donors (Lipinski definition) is 0. The Kier molecular flexibility index (Phi) is 4.90. The van der Waals surface area contributed by atoms with E-state index in [-0.39, 0.29) is 5.91 Å². The lowest BCUT2D eigenvalue weighted by atomic mass is 10.2. The monoisotopic (exact) mass is 375 g/mol. The van der Waals surface area contributed by atoms with E-state index >= 15 is 0 Å². The fourth-order valence-corrected chi connectivity index (χ4v) is 3.10. The van der Waals surface area contributed by atoms with E-state index in [2.05, 4.69) is 9.97 Å². The number of carbonyl (C=O) groups is 1. The lowest BCUT2D eigenvalue weighted by molar-refractivity contribution is 0.0990. The molecular weight excluding hydrogens is 354 g/mol. The molecule has 142 valence electrons. The van der Waals surface area contributed by atoms with Gasteiger partial charge in [-0.25, -0.2) is 9.97 Å². The number of ether oxygens (including phenoxy) is 1. The molecule has 0 saturated heterocycles. The van der Waals surface area contributed by atoms with Gasteiger partial charge in [-0.3, -0.25) is 9.20 Å². The summed E-state index contributed by atoms with van der Waals surface area (Å²) in [6.45, 7) is 1.30. The van der Waals surface area contributed by atoms with Crippen LogP contribution in [-0.2, 0) is 11.3 Å². The molecule has 0 N–H and O–H groups in total. The quantitative estimate of drug-likeness (QED) is 0.519. The third-order valence-electron chi connectivity index (χ3n) is 4.62. The molecule has 0 radical (unpaired) electrons. The molecule has 0 unspecified atom stereocenters. The minimum Gasteiger partial charge on any atom is -0.383 e. The third kappa shape index (κ3) is 3.27. The molecule has 0 fully saturated rings. The lowest BCUT2D eigenvalue weighted by Gasteiger charge is -2.16. The summed E-state index contributed by atoms with van der Waals surface area (Å²) in [5.74, 6) is 0.469. The zero-order valence-corrected chi connectivity index (χ0v) is 15.8. The van der Waals surface area contributed by atoms with Crippen molar-refractivity contribution in [1.82, 2.24) is 18.9 Å². The molecule has 7 heteroatoms. The number of aromatic nitrogens is 4. The number of nitrogens with zero attached hydrogens (tertiary/aromatic N) is 5. The van der Waals surface area contributed by atoms with Crippen molar-refractivity contribution in [3.63, 3.8) is 0 Å². The van der Waals surface area contributed by atoms with Crippen LogP contribution in [0, 0.1) is 0 Å². The van der Waals surface area contributed by atoms with Crippen LogP contribution in [0.3, 0.4) is 0 Å². The van der Waals surface area contributed by atoms with Crippen molar-refractivity contribution in [2.45, 2.75) is 6.54 Å². The maximum atomic E-state index is 13.2. The number of pyridine rings is 1. The Balaban J connectivity index is 1.74. The fourth-order valence-electron chi connectivity index (χ4n) is 3.10. The molecule has 3 aromatic heterocycles. The molecule has 3 heterocycles. The largest absolute Gasteiger partial charge is 0.383 e. The molecule has 0 spiro atoms. The average molecular weight is 375 g/mol. The molecule has 0 bridgehead atoms. The first-order valence-corrected chi connectivity index (χ1v) is 9.00. The normalized spacial score (nSPS) is 11.1. The minimum absolute atomic E-state index is 0.167. The number of fused-ring (bicyclic) bond motifs is 1. The van der Waals surface area contributed by atoms with E-state index in [1.165, 1.54) is 0 Å². The van der Waals surface area contributed by atoms with E-state index in [9.17, 15) is 4.79 Å². The predicted molar refractivity (Wildman–Crippen MR) is 107 cm³/mol. The summed E-state index contributed by atoms with van der Waals surface area (Å²) < 4.78 is 8.96. The summed E-state index contributed by atoms with van der Waals surface area (Å²) in [4.78, 5) is 23.9. The zero-order chi connectivity index (χ0) is 19.5. The fraction of sp³-hybridized carbons (Fsp3) is 0.190. The van der Waals surface area contributed by atoms with Gasteiger partial charge in [-0.15, -0.1) is 0 Å². The van der Waals surface area contributed by atoms with Gasteiger partial charge in [0.25, 0.3) is 5.91 Å². The standard InChI is InChI=1S/C21H21N5O2/c1-24(16-8-4-3-5-9-16)21(27)19-18-10-6-7-11-26(18)20(23-19)17-14-25(15-22-17)12-13-28-2/h3-11,14-15H,12-13H2,1-2H3. The number of para-hydroxylation sites is 1. The van der Waals surface area contributed by atoms with Crippen molar-refractivity contribution in [1.29, 1.82) is 0 Å². The van der Waals surface area contributed by atoms with Gasteiger partial charge < -0.3 is 14.2 Å². The highest BCUT2D eigenvalue weighted by Crippen LogP contribution is 2.24. The van der Waals surface area contributed by atoms with Crippen LogP contribution in [-0.4, -0.2) is 45.6 Å². The summed E-state index contributed by atoms with van der Waals surface area (Å²) in [6.07, 6.45) is 5.55. The van der Waals surface area contributed by atoms with Crippen LogP contribution >= 0.6 is 0 Å². The van der Waals surface area contributed by atoms with Crippen LogP contribution in [0.5, 0.6) is 0 Å². The van der Waals surface area contributed by atoms with E-state index in [1.54, 1.807) is 25.4 Å². The Morgan fingerprint density at radius 2 is 1.93 bits per heavy atom. The van der Waals surface area contributed by atoms with E-state index in [4.69, 9.17) is 4.74 Å². The molecular formula is C21H21N5O2. The molecule has 1 aromatic carbocycles. The van der Waals surface area contributed by atoms with Crippen LogP contribution in [0.1, 0.15) is 10.5 Å². The van der Waals surface area contributed by atoms with E-state index in [0.717, 1.165) is 11.2 Å². The van der Waals surface area contributed by atoms with Gasteiger partial charge in [0.15, 0.2) is 11.5 Å². The van der Waals surface area contributed by atoms with Gasteiger partial charge in [0.2, 0.25) is 0 Å². The number of methoxy groups -OCH3 is 1. The van der Waals surface area contributed by atoms with Crippen LogP contribution in [0.25, 0.3) is 17.0 Å². The first-order valence-electron chi connectivity index (χ1n) is 9.00. The third-order valence-corrected chi connectivity index (χ3v) is 4.62. The highest BCUT2D eigenvalue weighted by atomic mass is 16.5. The molecule has 28 heavy (non-hydrogen) atoms. The Bertz CT molecular complexity index is 1100. The first-order chi connectivity index (χ1) is 13.7. The molecule has 0 saturated carbocycles. The lowest BCUT2D eigenvalue weighted by Crippen LogP contribution is -2.26. The number of amides is 1. The van der Waals surface area contributed by atoms with Gasteiger partial charge in [-0.2, -0.15) is 0 Å². The molecule has 0 aliphatic carbocycles. The SMILES string of the molecule is COCCn1cnc(-c2nc(C(=O)N(C)c3ccccc3)c3ccccn23)c1. The van der Waals surface area contributed by atoms with Crippen LogP contribution < -0.4 is 4.90 Å². The van der Waals surface area contributed by atoms with Gasteiger partial charge in [-0.05, 0) is 24.3 Å². The van der Waals surface area contributed by atoms with Gasteiger partial charge >= 0.3 is 0 Å². The number of hydrogen-bond acceptors (Lipinski definition) is 4. The minimum atomic E-state index is -0.167. The topological polar surface area (TPSA) is 64.7 Å². The van der Waals surface area contributed by atoms with Crippen molar-refractivity contribution in [2.75, 3.05) is 25.7 Å². The van der Waals surface area contributed by atoms with Crippen molar-refractivity contribution >= 4 is 17.1 Å². The Morgan fingerprint density at radius 3 is 2.71 bits per heavy atom. The summed E-state index contributed by atoms with van der Waals surface area (Å²) in [5, 5.41) is 0. The number of anilines is 1. The van der Waals surface area contributed by atoms with E-state index in [1.807, 2.05) is 69.9 Å². The Hall–Kier alpha value is -3.45. The summed E-state index contributed by atoms with van der Waals surface area (Å²) in [7, 11) is 3.42. The van der Waals surface area contributed by atoms with Crippen molar-refractivity contribution in [3.8, 4) is 11.5 Å². The molecule has 4 rings (SSSR count). The molecule has 0 atom stereocenters. The molecule has 0 aliphatic heterocycles. The number of carbonyl (C=O) groups excluding carboxylic acids is 1. The molecule has 7 nitrogen and oxygen atoms in total. The second-order valence-corrected chi connectivity index (χ2v) is 6.43. The Labute approximate surface area is 162 Å². The van der Waals surface area contributed by atoms with Gasteiger partial charge in [0.05, 0.1) is 18.5 Å². The highest BCUT2D eigenvalue weighted by molar-refractivity contribution is 6.09. The summed E-state index contributed by atoms with van der Waals surface area (Å²) in [6, 6.07) is 15.2. The van der Waals surface area contributed by atoms with Crippen molar-refractivity contribution < 1.29 is 9.53 Å². The molecule has 4 aromatic rings. The number of benzene rings is 1. The zero-order valence-electron chi connectivity index (χ0n) is 15.8. The maximum Gasteiger partial charge on any atom is 0.278 e. The second-order valence-electron chi connectivity index (χ2n) is 6.43. The van der Waals surface area contributed by atoms with Gasteiger partial charge in [-0.1, -0.05) is 24.3 Å². The van der Waals surface area contributed by atoms with Crippen LogP contribution in [0.4, 0.5) is 5.69 Å². The van der Waals surface area contributed by atoms with Gasteiger partial charge in [0, 0.05) is 38.8 Å². The van der Waals surface area contributed by atoms with Crippen molar-refractivity contribution in [3.05, 3.63) is 72.9 Å². The van der Waals surface area contributed by atoms with Crippen LogP contribution in [0.2, 0.25) is 0 Å². The second kappa shape index (κ2) is 7.66. The molecule has 1 amide bonds. The maximum absolute atomic E-state index is 13.2. The van der Waals surface area contributed by atoms with E-state index < -0.39 is 0 Å². The van der Waals surface area contributed by atoms with Crippen LogP contribution in [0.15, 0.2) is 67.3 Å². The average Bonchev–Trinajstić information content (AvgIpc) is 3.36. The molecule has 0 aliphatic rings. The highest BCUT2D eigenvalue weighted by Gasteiger charge is 2.22. The smallest absolute Gasteiger partial charge is 0.278 e. The Morgan fingerprint density at radius 1 is 1.14 bits per heavy atom. The number of imidazole rings is 2. The summed E-state index contributed by atoms with van der Waals surface area (Å²) >= 11 is 0. The van der Waals surface area contributed by atoms with Crippen molar-refractivity contribution in [2.24, 2.45) is 0 Å². The predicted octanol–water partition coefficient (Wildman–Crippen LogP) is 3.12. The first kappa shape index (κ1) is 17.9.